The fourth-order valence-corrected chi connectivity index (χ4v) is 1.98. The van der Waals surface area contributed by atoms with Crippen molar-refractivity contribution in [3.63, 3.8) is 0 Å². The molecule has 0 spiro atoms. The third-order valence-corrected chi connectivity index (χ3v) is 2.72. The Bertz CT molecular complexity index is 218. The lowest BCUT2D eigenvalue weighted by atomic mass is 9.98. The molecule has 1 saturated heterocycles. The predicted octanol–water partition coefficient (Wildman–Crippen LogP) is 0.584. The Labute approximate surface area is 92.0 Å². The molecule has 0 aromatic carbocycles. The van der Waals surface area contributed by atoms with E-state index in [0.717, 1.165) is 19.5 Å². The first-order valence-corrected chi connectivity index (χ1v) is 5.62. The highest BCUT2D eigenvalue weighted by molar-refractivity contribution is 4.99. The molecule has 4 nitrogen and oxygen atoms in total. The van der Waals surface area contributed by atoms with Gasteiger partial charge in [-0.3, -0.25) is 4.90 Å². The van der Waals surface area contributed by atoms with Crippen LogP contribution in [0, 0.1) is 17.2 Å². The molecule has 1 heterocycles. The minimum absolute atomic E-state index is 0.0481. The topological polar surface area (TPSA) is 62.3 Å². The number of hydrogen-bond donors (Lipinski definition) is 1. The third-order valence-electron chi connectivity index (χ3n) is 2.72. The van der Waals surface area contributed by atoms with E-state index in [4.69, 9.17) is 15.7 Å². The number of rotatable bonds is 4. The lowest BCUT2D eigenvalue weighted by Gasteiger charge is -2.34. The van der Waals surface area contributed by atoms with E-state index in [1.807, 2.05) is 0 Å². The van der Waals surface area contributed by atoms with Gasteiger partial charge in [0.2, 0.25) is 0 Å². The maximum Gasteiger partial charge on any atom is 0.113 e. The van der Waals surface area contributed by atoms with Crippen LogP contribution in [0.25, 0.3) is 0 Å². The molecule has 1 rings (SSSR count). The largest absolute Gasteiger partial charge is 0.379 e. The highest BCUT2D eigenvalue weighted by Crippen LogP contribution is 2.12. The minimum Gasteiger partial charge on any atom is -0.379 e. The molecule has 2 atom stereocenters. The molecule has 0 bridgehead atoms. The maximum atomic E-state index is 9.15. The first-order valence-electron chi connectivity index (χ1n) is 5.62. The summed E-state index contributed by atoms with van der Waals surface area (Å²) in [5.74, 6) is 0.539. The molecule has 1 unspecified atom stereocenters. The zero-order valence-corrected chi connectivity index (χ0v) is 9.65. The van der Waals surface area contributed by atoms with Gasteiger partial charge in [-0.2, -0.15) is 5.26 Å². The Morgan fingerprint density at radius 1 is 1.40 bits per heavy atom. The second-order valence-electron chi connectivity index (χ2n) is 4.52. The van der Waals surface area contributed by atoms with Crippen molar-refractivity contribution in [2.45, 2.75) is 32.4 Å². The summed E-state index contributed by atoms with van der Waals surface area (Å²) in [4.78, 5) is 2.14. The molecule has 4 heteroatoms. The van der Waals surface area contributed by atoms with Crippen molar-refractivity contribution in [1.29, 1.82) is 5.26 Å². The second-order valence-corrected chi connectivity index (χ2v) is 4.52. The normalized spacial score (nSPS) is 22.3. The fourth-order valence-electron chi connectivity index (χ4n) is 1.98. The van der Waals surface area contributed by atoms with Gasteiger partial charge in [0.1, 0.15) is 6.04 Å². The molecule has 0 amide bonds. The second kappa shape index (κ2) is 6.06. The molecule has 1 aliphatic rings. The van der Waals surface area contributed by atoms with Crippen molar-refractivity contribution in [2.24, 2.45) is 11.7 Å². The van der Waals surface area contributed by atoms with E-state index in [1.165, 1.54) is 0 Å². The van der Waals surface area contributed by atoms with Gasteiger partial charge in [0.25, 0.3) is 0 Å². The van der Waals surface area contributed by atoms with Crippen LogP contribution in [0.3, 0.4) is 0 Å². The monoisotopic (exact) mass is 211 g/mol. The molecule has 0 radical (unpaired) electrons. The molecule has 1 fully saturated rings. The van der Waals surface area contributed by atoms with Crippen LogP contribution >= 0.6 is 0 Å². The molecule has 1 aliphatic heterocycles. The summed E-state index contributed by atoms with van der Waals surface area (Å²) < 4.78 is 5.26. The molecule has 0 aromatic heterocycles. The Hall–Kier alpha value is -0.630. The van der Waals surface area contributed by atoms with Gasteiger partial charge in [-0.1, -0.05) is 13.8 Å². The van der Waals surface area contributed by atoms with Crippen LogP contribution in [0.4, 0.5) is 0 Å². The molecule has 15 heavy (non-hydrogen) atoms. The van der Waals surface area contributed by atoms with Gasteiger partial charge in [0.05, 0.1) is 19.3 Å². The standard InChI is InChI=1S/C11H21N3O/c1-9(2)7-10(13)11(8-12)14-3-5-15-6-4-14/h9-11H,3-7,13H2,1-2H3/t10-,11?/m0/s1. The van der Waals surface area contributed by atoms with Gasteiger partial charge in [-0.25, -0.2) is 0 Å². The molecule has 0 saturated carbocycles. The van der Waals surface area contributed by atoms with Crippen molar-refractivity contribution in [3.05, 3.63) is 0 Å². The van der Waals surface area contributed by atoms with Crippen LogP contribution in [0.1, 0.15) is 20.3 Å². The van der Waals surface area contributed by atoms with Crippen LogP contribution in [0.15, 0.2) is 0 Å². The summed E-state index contributed by atoms with van der Waals surface area (Å²) in [6.07, 6.45) is 0.898. The van der Waals surface area contributed by atoms with Crippen molar-refractivity contribution in [2.75, 3.05) is 26.3 Å². The highest BCUT2D eigenvalue weighted by atomic mass is 16.5. The minimum atomic E-state index is -0.156. The van der Waals surface area contributed by atoms with E-state index < -0.39 is 0 Å². The Balaban J connectivity index is 2.50. The van der Waals surface area contributed by atoms with Crippen molar-refractivity contribution in [1.82, 2.24) is 4.90 Å². The summed E-state index contributed by atoms with van der Waals surface area (Å²) in [5, 5.41) is 9.15. The average Bonchev–Trinajstić information content (AvgIpc) is 2.19. The van der Waals surface area contributed by atoms with Gasteiger partial charge >= 0.3 is 0 Å². The number of nitrogens with zero attached hydrogens (tertiary/aromatic N) is 2. The molecule has 2 N–H and O–H groups in total. The van der Waals surface area contributed by atoms with Gasteiger partial charge in [0, 0.05) is 19.1 Å². The zero-order valence-electron chi connectivity index (χ0n) is 9.65. The van der Waals surface area contributed by atoms with E-state index in [-0.39, 0.29) is 12.1 Å². The number of ether oxygens (including phenoxy) is 1. The Kier molecular flexibility index (Phi) is 5.03. The van der Waals surface area contributed by atoms with Crippen molar-refractivity contribution >= 4 is 0 Å². The van der Waals surface area contributed by atoms with Gasteiger partial charge < -0.3 is 10.5 Å². The molecular weight excluding hydrogens is 190 g/mol. The summed E-state index contributed by atoms with van der Waals surface area (Å²) in [6.45, 7) is 7.34. The van der Waals surface area contributed by atoms with Crippen LogP contribution in [0.2, 0.25) is 0 Å². The Morgan fingerprint density at radius 2 is 2.00 bits per heavy atom. The molecule has 0 aliphatic carbocycles. The molecule has 0 aromatic rings. The van der Waals surface area contributed by atoms with E-state index in [1.54, 1.807) is 0 Å². The van der Waals surface area contributed by atoms with E-state index in [2.05, 4.69) is 24.8 Å². The number of nitrogens with two attached hydrogens (primary N) is 1. The van der Waals surface area contributed by atoms with Gasteiger partial charge in [-0.15, -0.1) is 0 Å². The zero-order chi connectivity index (χ0) is 11.3. The smallest absolute Gasteiger partial charge is 0.113 e. The first kappa shape index (κ1) is 12.4. The van der Waals surface area contributed by atoms with Crippen LogP contribution in [0.5, 0.6) is 0 Å². The lowest BCUT2D eigenvalue weighted by Crippen LogP contribution is -2.51. The van der Waals surface area contributed by atoms with Crippen molar-refractivity contribution < 1.29 is 4.74 Å². The summed E-state index contributed by atoms with van der Waals surface area (Å²) in [5.41, 5.74) is 6.06. The number of hydrogen-bond acceptors (Lipinski definition) is 4. The third kappa shape index (κ3) is 3.78. The van der Waals surface area contributed by atoms with Gasteiger partial charge in [-0.05, 0) is 12.3 Å². The van der Waals surface area contributed by atoms with Crippen LogP contribution in [-0.2, 0) is 4.74 Å². The molecule has 86 valence electrons. The molecular formula is C11H21N3O. The van der Waals surface area contributed by atoms with E-state index in [9.17, 15) is 0 Å². The SMILES string of the molecule is CC(C)C[C@H](N)C(C#N)N1CCOCC1. The summed E-state index contributed by atoms with van der Waals surface area (Å²) >= 11 is 0. The Morgan fingerprint density at radius 3 is 2.47 bits per heavy atom. The first-order chi connectivity index (χ1) is 7.15. The fraction of sp³-hybridized carbons (Fsp3) is 0.909. The maximum absolute atomic E-state index is 9.15. The van der Waals surface area contributed by atoms with Crippen LogP contribution in [-0.4, -0.2) is 43.3 Å². The predicted molar refractivity (Wildman–Crippen MR) is 59.2 cm³/mol. The van der Waals surface area contributed by atoms with Gasteiger partial charge in [0.15, 0.2) is 0 Å². The van der Waals surface area contributed by atoms with Crippen LogP contribution < -0.4 is 5.73 Å². The lowest BCUT2D eigenvalue weighted by molar-refractivity contribution is 0.0214. The highest BCUT2D eigenvalue weighted by Gasteiger charge is 2.26. The average molecular weight is 211 g/mol. The summed E-state index contributed by atoms with van der Waals surface area (Å²) in [6, 6.07) is 2.12. The number of morpholine rings is 1. The summed E-state index contributed by atoms with van der Waals surface area (Å²) in [7, 11) is 0. The number of nitriles is 1. The quantitative estimate of drug-likeness (QED) is 0.739. The van der Waals surface area contributed by atoms with E-state index >= 15 is 0 Å². The van der Waals surface area contributed by atoms with Crippen molar-refractivity contribution in [3.8, 4) is 6.07 Å². The van der Waals surface area contributed by atoms with E-state index in [0.29, 0.717) is 19.1 Å².